The quantitative estimate of drug-likeness (QED) is 0.776. The third-order valence-electron chi connectivity index (χ3n) is 2.45. The molecule has 0 aliphatic heterocycles. The minimum Gasteiger partial charge on any atom is -0.492 e. The molecule has 0 bridgehead atoms. The second-order valence-corrected chi connectivity index (χ2v) is 3.92. The molecule has 0 saturated carbocycles. The zero-order valence-corrected chi connectivity index (χ0v) is 9.98. The maximum absolute atomic E-state index is 5.59. The first kappa shape index (κ1) is 11.7. The largest absolute Gasteiger partial charge is 0.492 e. The van der Waals surface area contributed by atoms with Gasteiger partial charge >= 0.3 is 0 Å². The van der Waals surface area contributed by atoms with Crippen molar-refractivity contribution in [1.29, 1.82) is 0 Å². The fourth-order valence-electron chi connectivity index (χ4n) is 1.50. The Balaban J connectivity index is 1.61. The van der Waals surface area contributed by atoms with E-state index >= 15 is 0 Å². The molecule has 0 unspecified atom stereocenters. The zero-order chi connectivity index (χ0) is 11.9. The summed E-state index contributed by atoms with van der Waals surface area (Å²) >= 11 is 0. The summed E-state index contributed by atoms with van der Waals surface area (Å²) in [5.41, 5.74) is 1.24. The number of furan rings is 1. The van der Waals surface area contributed by atoms with Gasteiger partial charge in [0.2, 0.25) is 0 Å². The lowest BCUT2D eigenvalue weighted by molar-refractivity contribution is 0.311. The van der Waals surface area contributed by atoms with Crippen LogP contribution in [0.2, 0.25) is 0 Å². The molecule has 0 spiro atoms. The number of benzene rings is 1. The van der Waals surface area contributed by atoms with Gasteiger partial charge in [0.05, 0.1) is 12.8 Å². The number of aryl methyl sites for hydroxylation is 1. The number of hydrogen-bond donors (Lipinski definition) is 1. The molecule has 0 atom stereocenters. The van der Waals surface area contributed by atoms with Gasteiger partial charge in [0.25, 0.3) is 0 Å². The first-order valence-corrected chi connectivity index (χ1v) is 5.77. The van der Waals surface area contributed by atoms with Crippen LogP contribution in [-0.2, 0) is 6.54 Å². The molecule has 0 fully saturated rings. The van der Waals surface area contributed by atoms with Crippen LogP contribution in [0.5, 0.6) is 5.75 Å². The summed E-state index contributed by atoms with van der Waals surface area (Å²) in [5, 5.41) is 3.25. The Kier molecular flexibility index (Phi) is 4.22. The predicted molar refractivity (Wildman–Crippen MR) is 67.1 cm³/mol. The van der Waals surface area contributed by atoms with Gasteiger partial charge in [-0.2, -0.15) is 0 Å². The van der Waals surface area contributed by atoms with Crippen LogP contribution in [-0.4, -0.2) is 13.2 Å². The third kappa shape index (κ3) is 3.96. The van der Waals surface area contributed by atoms with Crippen molar-refractivity contribution in [3.63, 3.8) is 0 Å². The van der Waals surface area contributed by atoms with Gasteiger partial charge in [-0.05, 0) is 31.2 Å². The maximum Gasteiger partial charge on any atom is 0.119 e. The van der Waals surface area contributed by atoms with E-state index in [9.17, 15) is 0 Å². The lowest BCUT2D eigenvalue weighted by atomic mass is 10.2. The maximum atomic E-state index is 5.59. The zero-order valence-electron chi connectivity index (χ0n) is 9.98. The number of rotatable bonds is 6. The standard InChI is InChI=1S/C14H17NO2/c1-12-4-6-13(7-5-12)17-10-8-15-11-14-3-2-9-16-14/h2-7,9,15H,8,10-11H2,1H3. The highest BCUT2D eigenvalue weighted by atomic mass is 16.5. The molecule has 0 amide bonds. The van der Waals surface area contributed by atoms with Gasteiger partial charge in [0, 0.05) is 6.54 Å². The Labute approximate surface area is 101 Å². The molecule has 1 N–H and O–H groups in total. The van der Waals surface area contributed by atoms with E-state index in [4.69, 9.17) is 9.15 Å². The molecule has 0 aliphatic rings. The van der Waals surface area contributed by atoms with Gasteiger partial charge in [0.15, 0.2) is 0 Å². The summed E-state index contributed by atoms with van der Waals surface area (Å²) < 4.78 is 10.8. The lowest BCUT2D eigenvalue weighted by Gasteiger charge is -2.06. The minimum atomic E-state index is 0.657. The molecular weight excluding hydrogens is 214 g/mol. The van der Waals surface area contributed by atoms with E-state index in [1.165, 1.54) is 5.56 Å². The molecular formula is C14H17NO2. The fraction of sp³-hybridized carbons (Fsp3) is 0.286. The molecule has 0 saturated heterocycles. The van der Waals surface area contributed by atoms with Crippen LogP contribution in [0.15, 0.2) is 47.1 Å². The van der Waals surface area contributed by atoms with Gasteiger partial charge in [-0.1, -0.05) is 17.7 Å². The van der Waals surface area contributed by atoms with Gasteiger partial charge in [0.1, 0.15) is 18.1 Å². The molecule has 2 aromatic rings. The Morgan fingerprint density at radius 1 is 1.18 bits per heavy atom. The molecule has 1 aromatic carbocycles. The van der Waals surface area contributed by atoms with Crippen molar-refractivity contribution in [2.24, 2.45) is 0 Å². The van der Waals surface area contributed by atoms with Crippen LogP contribution in [0.25, 0.3) is 0 Å². The smallest absolute Gasteiger partial charge is 0.119 e. The Morgan fingerprint density at radius 2 is 2.00 bits per heavy atom. The summed E-state index contributed by atoms with van der Waals surface area (Å²) in [6.07, 6.45) is 1.68. The minimum absolute atomic E-state index is 0.657. The molecule has 0 radical (unpaired) electrons. The van der Waals surface area contributed by atoms with E-state index in [-0.39, 0.29) is 0 Å². The summed E-state index contributed by atoms with van der Waals surface area (Å²) in [7, 11) is 0. The second-order valence-electron chi connectivity index (χ2n) is 3.92. The molecule has 17 heavy (non-hydrogen) atoms. The van der Waals surface area contributed by atoms with Gasteiger partial charge in [-0.15, -0.1) is 0 Å². The molecule has 1 heterocycles. The number of ether oxygens (including phenoxy) is 1. The van der Waals surface area contributed by atoms with Crippen molar-refractivity contribution in [3.05, 3.63) is 54.0 Å². The van der Waals surface area contributed by atoms with Crippen molar-refractivity contribution in [3.8, 4) is 5.75 Å². The molecule has 1 aromatic heterocycles. The Morgan fingerprint density at radius 3 is 2.71 bits per heavy atom. The van der Waals surface area contributed by atoms with E-state index < -0.39 is 0 Å². The van der Waals surface area contributed by atoms with Crippen molar-refractivity contribution in [1.82, 2.24) is 5.32 Å². The van der Waals surface area contributed by atoms with Gasteiger partial charge < -0.3 is 14.5 Å². The van der Waals surface area contributed by atoms with Crippen molar-refractivity contribution >= 4 is 0 Å². The topological polar surface area (TPSA) is 34.4 Å². The van der Waals surface area contributed by atoms with Crippen LogP contribution >= 0.6 is 0 Å². The first-order valence-electron chi connectivity index (χ1n) is 5.77. The van der Waals surface area contributed by atoms with Crippen molar-refractivity contribution in [2.75, 3.05) is 13.2 Å². The van der Waals surface area contributed by atoms with Gasteiger partial charge in [-0.3, -0.25) is 0 Å². The average Bonchev–Trinajstić information content (AvgIpc) is 2.84. The van der Waals surface area contributed by atoms with Crippen molar-refractivity contribution in [2.45, 2.75) is 13.5 Å². The van der Waals surface area contributed by atoms with Crippen LogP contribution in [0.3, 0.4) is 0 Å². The third-order valence-corrected chi connectivity index (χ3v) is 2.45. The molecule has 90 valence electrons. The molecule has 3 heteroatoms. The van der Waals surface area contributed by atoms with Crippen LogP contribution in [0.4, 0.5) is 0 Å². The normalized spacial score (nSPS) is 10.4. The van der Waals surface area contributed by atoms with E-state index in [2.05, 4.69) is 12.2 Å². The van der Waals surface area contributed by atoms with E-state index in [0.717, 1.165) is 24.6 Å². The molecule has 3 nitrogen and oxygen atoms in total. The van der Waals surface area contributed by atoms with Gasteiger partial charge in [-0.25, -0.2) is 0 Å². The Hall–Kier alpha value is -1.74. The van der Waals surface area contributed by atoms with Crippen molar-refractivity contribution < 1.29 is 9.15 Å². The van der Waals surface area contributed by atoms with Crippen LogP contribution in [0, 0.1) is 6.92 Å². The number of hydrogen-bond acceptors (Lipinski definition) is 3. The fourth-order valence-corrected chi connectivity index (χ4v) is 1.50. The van der Waals surface area contributed by atoms with E-state index in [1.807, 2.05) is 36.4 Å². The summed E-state index contributed by atoms with van der Waals surface area (Å²) in [6, 6.07) is 11.9. The summed E-state index contributed by atoms with van der Waals surface area (Å²) in [6.45, 7) is 4.26. The van der Waals surface area contributed by atoms with E-state index in [1.54, 1.807) is 6.26 Å². The predicted octanol–water partition coefficient (Wildman–Crippen LogP) is 2.76. The Bertz CT molecular complexity index is 420. The first-order chi connectivity index (χ1) is 8.34. The summed E-state index contributed by atoms with van der Waals surface area (Å²) in [4.78, 5) is 0. The highest BCUT2D eigenvalue weighted by molar-refractivity contribution is 5.26. The average molecular weight is 231 g/mol. The number of nitrogens with one attached hydrogen (secondary N) is 1. The summed E-state index contributed by atoms with van der Waals surface area (Å²) in [5.74, 6) is 1.86. The van der Waals surface area contributed by atoms with Crippen LogP contribution < -0.4 is 10.1 Å². The second kappa shape index (κ2) is 6.11. The monoisotopic (exact) mass is 231 g/mol. The SMILES string of the molecule is Cc1ccc(OCCNCc2ccco2)cc1. The molecule has 2 rings (SSSR count). The molecule has 0 aliphatic carbocycles. The van der Waals surface area contributed by atoms with Crippen LogP contribution in [0.1, 0.15) is 11.3 Å². The highest BCUT2D eigenvalue weighted by Crippen LogP contribution is 2.10. The van der Waals surface area contributed by atoms with E-state index in [0.29, 0.717) is 6.61 Å². The lowest BCUT2D eigenvalue weighted by Crippen LogP contribution is -2.20. The highest BCUT2D eigenvalue weighted by Gasteiger charge is 1.95.